The molecule has 188 valence electrons. The van der Waals surface area contributed by atoms with Gasteiger partial charge >= 0.3 is 5.97 Å². The summed E-state index contributed by atoms with van der Waals surface area (Å²) in [5.41, 5.74) is 3.84. The summed E-state index contributed by atoms with van der Waals surface area (Å²) in [7, 11) is 0. The first kappa shape index (κ1) is 25.9. The fourth-order valence-corrected chi connectivity index (χ4v) is 5.41. The molecule has 2 nitrogen and oxygen atoms in total. The van der Waals surface area contributed by atoms with Crippen molar-refractivity contribution in [3.63, 3.8) is 0 Å². The molecule has 0 saturated heterocycles. The molecule has 0 unspecified atom stereocenters. The summed E-state index contributed by atoms with van der Waals surface area (Å²) < 4.78 is 19.8. The van der Waals surface area contributed by atoms with Gasteiger partial charge < -0.3 is 4.74 Å². The normalized spacial score (nSPS) is 18.8. The molecule has 3 aromatic rings. The molecule has 3 aromatic carbocycles. The molecule has 1 atom stereocenters. The number of aryl methyl sites for hydroxylation is 1. The summed E-state index contributed by atoms with van der Waals surface area (Å²) in [6.07, 6.45) is 11.5. The molecule has 0 aromatic heterocycles. The Bertz CT molecular complexity index is 1140. The Morgan fingerprint density at radius 3 is 2.39 bits per heavy atom. The van der Waals surface area contributed by atoms with Gasteiger partial charge in [0.2, 0.25) is 0 Å². The molecule has 0 amide bonds. The first-order chi connectivity index (χ1) is 17.5. The van der Waals surface area contributed by atoms with Gasteiger partial charge in [-0.25, -0.2) is 9.18 Å². The van der Waals surface area contributed by atoms with E-state index in [-0.39, 0.29) is 11.6 Å². The average molecular weight is 485 g/mol. The van der Waals surface area contributed by atoms with Crippen LogP contribution in [0.25, 0.3) is 0 Å². The van der Waals surface area contributed by atoms with Gasteiger partial charge in [-0.2, -0.15) is 0 Å². The standard InChI is InChI=1S/C33H37FO2/c1-3-4-6-11-29-20-21-31(23-32(29)34)36-33(35)30-18-16-28(17-19-30)27-14-12-25(13-15-27)22-24(2)26-9-7-5-8-10-26/h3-5,7-10,16-21,23-25,27H,6,11-15,22H2,1-2H3/b4-3+/t24-,25?,27?/m1/s1. The predicted octanol–water partition coefficient (Wildman–Crippen LogP) is 9.02. The highest BCUT2D eigenvalue weighted by molar-refractivity contribution is 5.91. The van der Waals surface area contributed by atoms with Crippen molar-refractivity contribution in [3.05, 3.63) is 113 Å². The number of rotatable bonds is 9. The van der Waals surface area contributed by atoms with Crippen LogP contribution in [0.1, 0.15) is 91.3 Å². The summed E-state index contributed by atoms with van der Waals surface area (Å²) in [6, 6.07) is 23.3. The Kier molecular flexibility index (Phi) is 9.11. The SMILES string of the molecule is C/C=C/CCc1ccc(OC(=O)c2ccc(C3CCC(C[C@@H](C)c4ccccc4)CC3)cc2)cc1F. The number of carbonyl (C=O) groups is 1. The molecule has 0 N–H and O–H groups in total. The number of hydrogen-bond donors (Lipinski definition) is 0. The second-order valence-electron chi connectivity index (χ2n) is 10.1. The molecule has 1 fully saturated rings. The maximum absolute atomic E-state index is 14.4. The highest BCUT2D eigenvalue weighted by Crippen LogP contribution is 2.39. The maximum Gasteiger partial charge on any atom is 0.343 e. The monoisotopic (exact) mass is 484 g/mol. The molecular formula is C33H37FO2. The van der Waals surface area contributed by atoms with E-state index in [1.165, 1.54) is 49.3 Å². The number of hydrogen-bond acceptors (Lipinski definition) is 2. The maximum atomic E-state index is 14.4. The topological polar surface area (TPSA) is 26.3 Å². The van der Waals surface area contributed by atoms with E-state index in [0.717, 1.165) is 12.3 Å². The van der Waals surface area contributed by atoms with Crippen LogP contribution < -0.4 is 4.74 Å². The lowest BCUT2D eigenvalue weighted by Crippen LogP contribution is -2.15. The van der Waals surface area contributed by atoms with Crippen LogP contribution in [0, 0.1) is 11.7 Å². The molecule has 3 heteroatoms. The number of ether oxygens (including phenoxy) is 1. The van der Waals surface area contributed by atoms with Gasteiger partial charge in [0.1, 0.15) is 11.6 Å². The van der Waals surface area contributed by atoms with Gasteiger partial charge in [0.25, 0.3) is 0 Å². The van der Waals surface area contributed by atoms with E-state index >= 15 is 0 Å². The average Bonchev–Trinajstić information content (AvgIpc) is 2.91. The van der Waals surface area contributed by atoms with E-state index in [0.29, 0.717) is 29.4 Å². The Balaban J connectivity index is 1.27. The first-order valence-corrected chi connectivity index (χ1v) is 13.3. The molecule has 0 bridgehead atoms. The summed E-state index contributed by atoms with van der Waals surface area (Å²) >= 11 is 0. The molecule has 0 aliphatic heterocycles. The van der Waals surface area contributed by atoms with Crippen molar-refractivity contribution in [2.75, 3.05) is 0 Å². The van der Waals surface area contributed by atoms with Crippen LogP contribution >= 0.6 is 0 Å². The molecule has 1 aliphatic rings. The van der Waals surface area contributed by atoms with Crippen molar-refractivity contribution in [3.8, 4) is 5.75 Å². The minimum atomic E-state index is -0.457. The van der Waals surface area contributed by atoms with Crippen molar-refractivity contribution < 1.29 is 13.9 Å². The summed E-state index contributed by atoms with van der Waals surface area (Å²) in [5.74, 6) is 1.36. The van der Waals surface area contributed by atoms with E-state index in [9.17, 15) is 9.18 Å². The van der Waals surface area contributed by atoms with E-state index in [1.54, 1.807) is 12.1 Å². The lowest BCUT2D eigenvalue weighted by Gasteiger charge is -2.30. The number of halogens is 1. The minimum Gasteiger partial charge on any atom is -0.423 e. The minimum absolute atomic E-state index is 0.236. The number of esters is 1. The summed E-state index contributed by atoms with van der Waals surface area (Å²) in [6.45, 7) is 4.29. The van der Waals surface area contributed by atoms with Crippen molar-refractivity contribution in [2.24, 2.45) is 5.92 Å². The molecule has 36 heavy (non-hydrogen) atoms. The Labute approximate surface area is 215 Å². The second kappa shape index (κ2) is 12.7. The van der Waals surface area contributed by atoms with E-state index < -0.39 is 5.97 Å². The number of carbonyl (C=O) groups excluding carboxylic acids is 1. The molecule has 0 heterocycles. The molecule has 1 saturated carbocycles. The largest absolute Gasteiger partial charge is 0.423 e. The highest BCUT2D eigenvalue weighted by atomic mass is 19.1. The van der Waals surface area contributed by atoms with Gasteiger partial charge in [-0.1, -0.05) is 67.6 Å². The van der Waals surface area contributed by atoms with E-state index in [1.807, 2.05) is 31.2 Å². The smallest absolute Gasteiger partial charge is 0.343 e. The van der Waals surface area contributed by atoms with Crippen LogP contribution in [0.3, 0.4) is 0 Å². The molecule has 1 aliphatic carbocycles. The Morgan fingerprint density at radius 2 is 1.72 bits per heavy atom. The fourth-order valence-electron chi connectivity index (χ4n) is 5.41. The van der Waals surface area contributed by atoms with Crippen LogP contribution in [-0.2, 0) is 6.42 Å². The third-order valence-electron chi connectivity index (χ3n) is 7.57. The molecule has 0 spiro atoms. The van der Waals surface area contributed by atoms with E-state index in [2.05, 4.69) is 49.4 Å². The van der Waals surface area contributed by atoms with Crippen LogP contribution in [0.2, 0.25) is 0 Å². The number of allylic oxidation sites excluding steroid dienone is 2. The van der Waals surface area contributed by atoms with Gasteiger partial charge in [-0.3, -0.25) is 0 Å². The van der Waals surface area contributed by atoms with Gasteiger partial charge in [-0.15, -0.1) is 0 Å². The summed E-state index contributed by atoms with van der Waals surface area (Å²) in [5, 5.41) is 0. The zero-order valence-corrected chi connectivity index (χ0v) is 21.5. The molecular weight excluding hydrogens is 447 g/mol. The van der Waals surface area contributed by atoms with Crippen molar-refractivity contribution in [1.82, 2.24) is 0 Å². The quantitative estimate of drug-likeness (QED) is 0.172. The first-order valence-electron chi connectivity index (χ1n) is 13.3. The van der Waals surface area contributed by atoms with Crippen LogP contribution in [0.15, 0.2) is 84.9 Å². The third-order valence-corrected chi connectivity index (χ3v) is 7.57. The van der Waals surface area contributed by atoms with Crippen LogP contribution in [0.5, 0.6) is 5.75 Å². The highest BCUT2D eigenvalue weighted by Gasteiger charge is 2.24. The molecule has 0 radical (unpaired) electrons. The van der Waals surface area contributed by atoms with Gasteiger partial charge in [0, 0.05) is 6.07 Å². The number of benzene rings is 3. The predicted molar refractivity (Wildman–Crippen MR) is 145 cm³/mol. The van der Waals surface area contributed by atoms with E-state index in [4.69, 9.17) is 4.74 Å². The lowest BCUT2D eigenvalue weighted by molar-refractivity contribution is 0.0734. The van der Waals surface area contributed by atoms with Crippen molar-refractivity contribution in [1.29, 1.82) is 0 Å². The van der Waals surface area contributed by atoms with Crippen molar-refractivity contribution in [2.45, 2.75) is 70.6 Å². The van der Waals surface area contributed by atoms with Gasteiger partial charge in [-0.05, 0) is 105 Å². The van der Waals surface area contributed by atoms with Gasteiger partial charge in [0.05, 0.1) is 5.56 Å². The lowest BCUT2D eigenvalue weighted by atomic mass is 9.75. The van der Waals surface area contributed by atoms with Crippen LogP contribution in [-0.4, -0.2) is 5.97 Å². The second-order valence-corrected chi connectivity index (χ2v) is 10.1. The fraction of sp³-hybridized carbons (Fsp3) is 0.364. The Morgan fingerprint density at radius 1 is 1.00 bits per heavy atom. The van der Waals surface area contributed by atoms with Crippen LogP contribution in [0.4, 0.5) is 4.39 Å². The zero-order chi connectivity index (χ0) is 25.3. The summed E-state index contributed by atoms with van der Waals surface area (Å²) in [4.78, 5) is 12.6. The molecule has 4 rings (SSSR count). The Hall–Kier alpha value is -3.20. The third kappa shape index (κ3) is 6.94. The van der Waals surface area contributed by atoms with Crippen molar-refractivity contribution >= 4 is 5.97 Å². The van der Waals surface area contributed by atoms with Gasteiger partial charge in [0.15, 0.2) is 0 Å². The zero-order valence-electron chi connectivity index (χ0n) is 21.5.